The van der Waals surface area contributed by atoms with Crippen LogP contribution >= 0.6 is 0 Å². The molecule has 15 rings (SSSR count). The molecule has 5 heteroatoms. The summed E-state index contributed by atoms with van der Waals surface area (Å²) in [6, 6.07) is 75.8. The predicted molar refractivity (Wildman–Crippen MR) is 405 cm³/mol. The van der Waals surface area contributed by atoms with Crippen molar-refractivity contribution in [3.05, 3.63) is 251 Å². The Morgan fingerprint density at radius 2 is 0.724 bits per heavy atom. The molecule has 0 spiro atoms. The van der Waals surface area contributed by atoms with Crippen molar-refractivity contribution in [2.75, 3.05) is 14.2 Å². The fourth-order valence-electron chi connectivity index (χ4n) is 21.5. The second-order valence-electron chi connectivity index (χ2n) is 33.7. The Balaban J connectivity index is 0.000000185. The van der Waals surface area contributed by atoms with Crippen LogP contribution < -0.4 is 0 Å². The van der Waals surface area contributed by atoms with Crippen LogP contribution in [0.1, 0.15) is 252 Å². The van der Waals surface area contributed by atoms with Gasteiger partial charge in [-0.3, -0.25) is 9.59 Å². The zero-order valence-electron chi connectivity index (χ0n) is 61.6. The highest BCUT2D eigenvalue weighted by Crippen LogP contribution is 2.62. The Bertz CT molecular complexity index is 3410. The summed E-state index contributed by atoms with van der Waals surface area (Å²) in [5.41, 5.74) is 10.5. The molecule has 0 saturated heterocycles. The summed E-state index contributed by atoms with van der Waals surface area (Å²) in [5, 5.41) is 10.1. The van der Waals surface area contributed by atoms with Gasteiger partial charge in [0.2, 0.25) is 0 Å². The molecule has 1 N–H and O–H groups in total. The van der Waals surface area contributed by atoms with E-state index in [1.807, 2.05) is 13.8 Å². The van der Waals surface area contributed by atoms with Crippen LogP contribution in [0.2, 0.25) is 0 Å². The number of carbonyl (C=O) groups is 2. The summed E-state index contributed by atoms with van der Waals surface area (Å²) in [4.78, 5) is 25.8. The molecule has 7 atom stereocenters. The van der Waals surface area contributed by atoms with Crippen LogP contribution in [0.4, 0.5) is 0 Å². The maximum Gasteiger partial charge on any atom is 0.308 e. The largest absolute Gasteiger partial charge is 0.469 e. The SMILES string of the molecule is CCC(C)CC(CC(CC(C)C(=O)OC)(c1ccccc1)c1ccccc1)c1ccccc1.CCC(C)CC(c1ccc(C23CC4CC(CC(C4)C2)C3)cc1)C(C)(C)CC(CC(CC(C)C(=O)OC)(c1ccccc1)c1ccccc1)c1ccccc1.OC12CC3CC(CC(C3)C1)C2. The van der Waals surface area contributed by atoms with Gasteiger partial charge in [-0.1, -0.05) is 274 Å². The van der Waals surface area contributed by atoms with Crippen LogP contribution in [0.25, 0.3) is 0 Å². The average Bonchev–Trinajstić information content (AvgIpc) is 0.740. The van der Waals surface area contributed by atoms with Gasteiger partial charge in [0, 0.05) is 10.8 Å². The second kappa shape index (κ2) is 32.4. The first-order valence-electron chi connectivity index (χ1n) is 38.6. The normalized spacial score (nSPS) is 25.1. The molecule has 8 fully saturated rings. The molecule has 8 bridgehead atoms. The average molecular weight is 1320 g/mol. The molecule has 7 aromatic carbocycles. The Kier molecular flexibility index (Phi) is 24.0. The smallest absolute Gasteiger partial charge is 0.308 e. The minimum absolute atomic E-state index is 0.0131. The van der Waals surface area contributed by atoms with Crippen LogP contribution in [0.15, 0.2) is 206 Å². The van der Waals surface area contributed by atoms with E-state index in [1.165, 1.54) is 124 Å². The molecule has 0 radical (unpaired) electrons. The van der Waals surface area contributed by atoms with E-state index in [9.17, 15) is 14.7 Å². The number of aliphatic hydroxyl groups is 1. The highest BCUT2D eigenvalue weighted by Gasteiger charge is 2.53. The molecule has 0 aromatic heterocycles. The lowest BCUT2D eigenvalue weighted by atomic mass is 9.48. The molecule has 5 nitrogen and oxygen atoms in total. The van der Waals surface area contributed by atoms with Gasteiger partial charge < -0.3 is 14.6 Å². The van der Waals surface area contributed by atoms with E-state index in [2.05, 4.69) is 248 Å². The molecule has 0 heterocycles. The molecule has 0 aliphatic heterocycles. The maximum atomic E-state index is 13.2. The van der Waals surface area contributed by atoms with Crippen molar-refractivity contribution in [3.8, 4) is 0 Å². The van der Waals surface area contributed by atoms with Gasteiger partial charge in [-0.2, -0.15) is 0 Å². The van der Waals surface area contributed by atoms with Gasteiger partial charge in [0.25, 0.3) is 0 Å². The third kappa shape index (κ3) is 17.1. The quantitative estimate of drug-likeness (QED) is 0.0520. The van der Waals surface area contributed by atoms with Gasteiger partial charge in [0.15, 0.2) is 0 Å². The lowest BCUT2D eigenvalue weighted by Gasteiger charge is -2.57. The van der Waals surface area contributed by atoms with Crippen molar-refractivity contribution < 1.29 is 24.2 Å². The number of hydrogen-bond acceptors (Lipinski definition) is 5. The zero-order chi connectivity index (χ0) is 69.1. The van der Waals surface area contributed by atoms with Crippen LogP contribution in [-0.2, 0) is 35.3 Å². The number of esters is 2. The molecule has 7 unspecified atom stereocenters. The van der Waals surface area contributed by atoms with Crippen LogP contribution in [0.5, 0.6) is 0 Å². The Hall–Kier alpha value is -6.56. The third-order valence-electron chi connectivity index (χ3n) is 26.0. The van der Waals surface area contributed by atoms with Crippen molar-refractivity contribution in [2.45, 2.75) is 230 Å². The fraction of sp³-hybridized carbons (Fsp3) is 0.527. The van der Waals surface area contributed by atoms with E-state index in [0.29, 0.717) is 41.9 Å². The highest BCUT2D eigenvalue weighted by atomic mass is 16.5. The molecule has 98 heavy (non-hydrogen) atoms. The molecule has 522 valence electrons. The van der Waals surface area contributed by atoms with E-state index < -0.39 is 5.41 Å². The van der Waals surface area contributed by atoms with E-state index >= 15 is 0 Å². The lowest BCUT2D eigenvalue weighted by molar-refractivity contribution is -0.146. The summed E-state index contributed by atoms with van der Waals surface area (Å²) >= 11 is 0. The van der Waals surface area contributed by atoms with Gasteiger partial charge in [0.05, 0.1) is 31.7 Å². The van der Waals surface area contributed by atoms with Gasteiger partial charge in [-0.05, 0) is 242 Å². The van der Waals surface area contributed by atoms with Gasteiger partial charge >= 0.3 is 11.9 Å². The van der Waals surface area contributed by atoms with Crippen molar-refractivity contribution in [1.29, 1.82) is 0 Å². The number of carbonyl (C=O) groups excluding carboxylic acids is 2. The number of rotatable bonds is 27. The first kappa shape index (κ1) is 72.7. The van der Waals surface area contributed by atoms with Crippen molar-refractivity contribution in [2.24, 2.45) is 64.6 Å². The Morgan fingerprint density at radius 3 is 1.06 bits per heavy atom. The summed E-state index contributed by atoms with van der Waals surface area (Å²) in [5.74, 6) is 7.12. The van der Waals surface area contributed by atoms with Crippen molar-refractivity contribution in [1.82, 2.24) is 0 Å². The topological polar surface area (TPSA) is 72.8 Å². The standard InChI is InChI=1S/C52H66O2.C31H38O2.C10H16O/c1-7-37(2)27-48(43-23-25-45(26-24-43)51-32-39-28-40(33-51)30-41(29-39)34-51)50(4,5)35-44(42-17-11-8-12-18-42)36-52(31-38(3)49(53)54-6,46-19-13-9-14-20-46)47-21-15-10-16-22-47;1-5-24(2)21-27(26-15-9-6-10-16-26)23-31(22-25(3)30(32)33-4,28-17-11-7-12-18-28)29-19-13-8-14-20-29;11-10-4-7-1-8(5-10)3-9(2-7)6-10/h8-26,37-41,44,48H,7,27-36H2,1-6H3;6-20,24-25,27H,5,21-23H2,1-4H3;7-9,11H,1-6H2. The summed E-state index contributed by atoms with van der Waals surface area (Å²) in [7, 11) is 3.01. The Morgan fingerprint density at radius 1 is 0.408 bits per heavy atom. The maximum absolute atomic E-state index is 13.2. The first-order valence-corrected chi connectivity index (χ1v) is 38.6. The number of ether oxygens (including phenoxy) is 2. The molecular weight excluding hydrogens is 1200 g/mol. The molecule has 8 aliphatic rings. The van der Waals surface area contributed by atoms with Gasteiger partial charge in [0.1, 0.15) is 0 Å². The molecular formula is C93H120O5. The molecule has 8 saturated carbocycles. The summed E-state index contributed by atoms with van der Waals surface area (Å²) in [6.07, 6.45) is 25.3. The zero-order valence-corrected chi connectivity index (χ0v) is 61.6. The molecule has 7 aromatic rings. The highest BCUT2D eigenvalue weighted by molar-refractivity contribution is 5.73. The monoisotopic (exact) mass is 1320 g/mol. The minimum atomic E-state index is -0.390. The number of benzene rings is 7. The predicted octanol–water partition coefficient (Wildman–Crippen LogP) is 23.2. The summed E-state index contributed by atoms with van der Waals surface area (Å²) in [6.45, 7) is 18.6. The minimum Gasteiger partial charge on any atom is -0.469 e. The number of methoxy groups -OCH3 is 2. The molecule has 8 aliphatic carbocycles. The van der Waals surface area contributed by atoms with Crippen molar-refractivity contribution >= 4 is 11.9 Å². The van der Waals surface area contributed by atoms with Crippen LogP contribution in [0, 0.1) is 64.6 Å². The van der Waals surface area contributed by atoms with E-state index in [-0.39, 0.29) is 46.1 Å². The third-order valence-corrected chi connectivity index (χ3v) is 26.0. The van der Waals surface area contributed by atoms with Crippen LogP contribution in [-0.4, -0.2) is 36.9 Å². The van der Waals surface area contributed by atoms with E-state index in [1.54, 1.807) is 5.56 Å². The molecule has 0 amide bonds. The summed E-state index contributed by atoms with van der Waals surface area (Å²) < 4.78 is 10.5. The Labute approximate surface area is 592 Å². The fourth-order valence-corrected chi connectivity index (χ4v) is 21.5. The van der Waals surface area contributed by atoms with Gasteiger partial charge in [-0.15, -0.1) is 0 Å². The first-order chi connectivity index (χ1) is 47.3. The number of hydrogen-bond donors (Lipinski definition) is 1. The lowest BCUT2D eigenvalue weighted by Crippen LogP contribution is -2.50. The van der Waals surface area contributed by atoms with Crippen LogP contribution in [0.3, 0.4) is 0 Å². The van der Waals surface area contributed by atoms with E-state index in [0.717, 1.165) is 86.9 Å². The van der Waals surface area contributed by atoms with Crippen molar-refractivity contribution in [3.63, 3.8) is 0 Å². The van der Waals surface area contributed by atoms with Gasteiger partial charge in [-0.25, -0.2) is 0 Å². The second-order valence-corrected chi connectivity index (χ2v) is 33.7. The van der Waals surface area contributed by atoms with E-state index in [4.69, 9.17) is 9.47 Å².